The molecule has 0 saturated carbocycles. The summed E-state index contributed by atoms with van der Waals surface area (Å²) in [4.78, 5) is 12.5. The van der Waals surface area contributed by atoms with E-state index in [4.69, 9.17) is 15.2 Å². The van der Waals surface area contributed by atoms with E-state index in [9.17, 15) is 4.79 Å². The van der Waals surface area contributed by atoms with E-state index < -0.39 is 0 Å². The standard InChI is InChI=1S/C17H24N2O3/c1-17(2)10-14(13-9-12(18)3-4-15(13)22-17)19-16(20)11-5-7-21-8-6-11/h3-4,9,11,14H,5-8,10,18H2,1-2H3,(H,19,20). The number of anilines is 1. The lowest BCUT2D eigenvalue weighted by atomic mass is 9.88. The summed E-state index contributed by atoms with van der Waals surface area (Å²) in [6, 6.07) is 5.56. The van der Waals surface area contributed by atoms with Gasteiger partial charge in [-0.05, 0) is 44.9 Å². The number of fused-ring (bicyclic) bond motifs is 1. The Kier molecular flexibility index (Phi) is 4.00. The Morgan fingerprint density at radius 2 is 2.05 bits per heavy atom. The van der Waals surface area contributed by atoms with Gasteiger partial charge in [-0.2, -0.15) is 0 Å². The van der Waals surface area contributed by atoms with Crippen molar-refractivity contribution in [2.24, 2.45) is 5.92 Å². The molecule has 1 amide bonds. The summed E-state index contributed by atoms with van der Waals surface area (Å²) >= 11 is 0. The molecule has 1 aromatic carbocycles. The number of carbonyl (C=O) groups is 1. The Bertz CT molecular complexity index is 565. The van der Waals surface area contributed by atoms with Crippen LogP contribution in [0.5, 0.6) is 5.75 Å². The predicted molar refractivity (Wildman–Crippen MR) is 84.6 cm³/mol. The molecule has 0 radical (unpaired) electrons. The first kappa shape index (κ1) is 15.2. The third-order valence-electron chi connectivity index (χ3n) is 4.40. The van der Waals surface area contributed by atoms with Crippen LogP contribution in [0.15, 0.2) is 18.2 Å². The highest BCUT2D eigenvalue weighted by Crippen LogP contribution is 2.40. The van der Waals surface area contributed by atoms with Gasteiger partial charge in [0.2, 0.25) is 5.91 Å². The van der Waals surface area contributed by atoms with Crippen molar-refractivity contribution >= 4 is 11.6 Å². The molecular weight excluding hydrogens is 280 g/mol. The Morgan fingerprint density at radius 1 is 1.32 bits per heavy atom. The van der Waals surface area contributed by atoms with Crippen LogP contribution in [0.25, 0.3) is 0 Å². The van der Waals surface area contributed by atoms with Gasteiger partial charge in [0, 0.05) is 36.8 Å². The fourth-order valence-corrected chi connectivity index (χ4v) is 3.25. The van der Waals surface area contributed by atoms with Gasteiger partial charge in [0.15, 0.2) is 0 Å². The number of ether oxygens (including phenoxy) is 2. The molecule has 0 aliphatic carbocycles. The number of amides is 1. The summed E-state index contributed by atoms with van der Waals surface area (Å²) in [6.45, 7) is 5.42. The van der Waals surface area contributed by atoms with E-state index in [1.807, 2.05) is 32.0 Å². The van der Waals surface area contributed by atoms with Crippen molar-refractivity contribution < 1.29 is 14.3 Å². The van der Waals surface area contributed by atoms with Gasteiger partial charge in [-0.3, -0.25) is 4.79 Å². The van der Waals surface area contributed by atoms with Crippen LogP contribution >= 0.6 is 0 Å². The minimum Gasteiger partial charge on any atom is -0.487 e. The molecule has 3 rings (SSSR count). The molecule has 0 aromatic heterocycles. The van der Waals surface area contributed by atoms with Crippen molar-refractivity contribution in [2.75, 3.05) is 18.9 Å². The van der Waals surface area contributed by atoms with E-state index in [-0.39, 0.29) is 23.5 Å². The highest BCUT2D eigenvalue weighted by molar-refractivity contribution is 5.79. The molecule has 1 fully saturated rings. The molecule has 5 nitrogen and oxygen atoms in total. The van der Waals surface area contributed by atoms with E-state index in [0.29, 0.717) is 18.9 Å². The second-order valence-corrected chi connectivity index (χ2v) is 6.81. The van der Waals surface area contributed by atoms with Crippen molar-refractivity contribution in [3.05, 3.63) is 23.8 Å². The third-order valence-corrected chi connectivity index (χ3v) is 4.40. The minimum atomic E-state index is -0.309. The Labute approximate surface area is 131 Å². The second kappa shape index (κ2) is 5.80. The maximum Gasteiger partial charge on any atom is 0.223 e. The van der Waals surface area contributed by atoms with Crippen LogP contribution in [0.2, 0.25) is 0 Å². The van der Waals surface area contributed by atoms with Crippen LogP contribution in [-0.2, 0) is 9.53 Å². The molecule has 1 saturated heterocycles. The van der Waals surface area contributed by atoms with Crippen LogP contribution in [0.1, 0.15) is 44.7 Å². The van der Waals surface area contributed by atoms with E-state index >= 15 is 0 Å². The first-order valence-corrected chi connectivity index (χ1v) is 7.91. The van der Waals surface area contributed by atoms with E-state index in [0.717, 1.165) is 30.6 Å². The van der Waals surface area contributed by atoms with Crippen LogP contribution < -0.4 is 15.8 Å². The molecule has 1 aromatic rings. The van der Waals surface area contributed by atoms with Gasteiger partial charge in [-0.1, -0.05) is 0 Å². The molecule has 1 unspecified atom stereocenters. The number of nitrogens with two attached hydrogens (primary N) is 1. The number of hydrogen-bond donors (Lipinski definition) is 2. The number of rotatable bonds is 2. The molecule has 22 heavy (non-hydrogen) atoms. The first-order chi connectivity index (χ1) is 10.4. The second-order valence-electron chi connectivity index (χ2n) is 6.81. The van der Waals surface area contributed by atoms with Crippen molar-refractivity contribution in [1.29, 1.82) is 0 Å². The summed E-state index contributed by atoms with van der Waals surface area (Å²) in [5.74, 6) is 0.964. The number of carbonyl (C=O) groups excluding carboxylic acids is 1. The first-order valence-electron chi connectivity index (χ1n) is 7.91. The molecule has 0 bridgehead atoms. The maximum absolute atomic E-state index is 12.5. The zero-order valence-corrected chi connectivity index (χ0v) is 13.2. The Hall–Kier alpha value is -1.75. The van der Waals surface area contributed by atoms with Crippen LogP contribution in [0, 0.1) is 5.92 Å². The molecule has 1 atom stereocenters. The highest BCUT2D eigenvalue weighted by atomic mass is 16.5. The third kappa shape index (κ3) is 3.19. The summed E-state index contributed by atoms with van der Waals surface area (Å²) in [5, 5.41) is 3.20. The van der Waals surface area contributed by atoms with Gasteiger partial charge in [-0.15, -0.1) is 0 Å². The van der Waals surface area contributed by atoms with Crippen LogP contribution in [-0.4, -0.2) is 24.7 Å². The van der Waals surface area contributed by atoms with Gasteiger partial charge in [0.25, 0.3) is 0 Å². The highest BCUT2D eigenvalue weighted by Gasteiger charge is 2.35. The van der Waals surface area contributed by atoms with Crippen molar-refractivity contribution in [1.82, 2.24) is 5.32 Å². The predicted octanol–water partition coefficient (Wildman–Crippen LogP) is 2.41. The molecule has 2 heterocycles. The fourth-order valence-electron chi connectivity index (χ4n) is 3.25. The molecule has 2 aliphatic heterocycles. The quantitative estimate of drug-likeness (QED) is 0.823. The number of hydrogen-bond acceptors (Lipinski definition) is 4. The van der Waals surface area contributed by atoms with Crippen molar-refractivity contribution in [2.45, 2.75) is 44.8 Å². The maximum atomic E-state index is 12.5. The lowest BCUT2D eigenvalue weighted by Crippen LogP contribution is -2.43. The molecular formula is C17H24N2O3. The minimum absolute atomic E-state index is 0.0456. The average Bonchev–Trinajstić information content (AvgIpc) is 2.48. The van der Waals surface area contributed by atoms with Gasteiger partial charge in [0.1, 0.15) is 11.4 Å². The largest absolute Gasteiger partial charge is 0.487 e. The summed E-state index contributed by atoms with van der Waals surface area (Å²) in [7, 11) is 0. The number of nitrogen functional groups attached to an aromatic ring is 1. The topological polar surface area (TPSA) is 73.6 Å². The zero-order chi connectivity index (χ0) is 15.7. The average molecular weight is 304 g/mol. The number of nitrogens with one attached hydrogen (secondary N) is 1. The summed E-state index contributed by atoms with van der Waals surface area (Å²) in [6.07, 6.45) is 2.32. The molecule has 0 spiro atoms. The number of benzene rings is 1. The van der Waals surface area contributed by atoms with Crippen molar-refractivity contribution in [3.8, 4) is 5.75 Å². The van der Waals surface area contributed by atoms with E-state index in [1.165, 1.54) is 0 Å². The fraction of sp³-hybridized carbons (Fsp3) is 0.588. The lowest BCUT2D eigenvalue weighted by Gasteiger charge is -2.38. The van der Waals surface area contributed by atoms with E-state index in [2.05, 4.69) is 5.32 Å². The summed E-state index contributed by atoms with van der Waals surface area (Å²) < 4.78 is 11.3. The molecule has 120 valence electrons. The normalized spacial score (nSPS) is 24.2. The van der Waals surface area contributed by atoms with Gasteiger partial charge in [0.05, 0.1) is 6.04 Å². The lowest BCUT2D eigenvalue weighted by molar-refractivity contribution is -0.129. The van der Waals surface area contributed by atoms with Gasteiger partial charge < -0.3 is 20.5 Å². The smallest absolute Gasteiger partial charge is 0.223 e. The van der Waals surface area contributed by atoms with E-state index in [1.54, 1.807) is 0 Å². The Balaban J connectivity index is 1.80. The SMILES string of the molecule is CC1(C)CC(NC(=O)C2CCOCC2)c2cc(N)ccc2O1. The van der Waals surface area contributed by atoms with Gasteiger partial charge in [-0.25, -0.2) is 0 Å². The molecule has 5 heteroatoms. The molecule has 2 aliphatic rings. The zero-order valence-electron chi connectivity index (χ0n) is 13.2. The molecule has 3 N–H and O–H groups in total. The van der Waals surface area contributed by atoms with Crippen molar-refractivity contribution in [3.63, 3.8) is 0 Å². The van der Waals surface area contributed by atoms with Gasteiger partial charge >= 0.3 is 0 Å². The summed E-state index contributed by atoms with van der Waals surface area (Å²) in [5.41, 5.74) is 7.25. The monoisotopic (exact) mass is 304 g/mol. The Morgan fingerprint density at radius 3 is 2.77 bits per heavy atom. The van der Waals surface area contributed by atoms with Crippen LogP contribution in [0.3, 0.4) is 0 Å². The van der Waals surface area contributed by atoms with Crippen LogP contribution in [0.4, 0.5) is 5.69 Å².